The highest BCUT2D eigenvalue weighted by atomic mass is 19.3. The largest absolute Gasteiger partial charge is 0.399 e. The van der Waals surface area contributed by atoms with Gasteiger partial charge in [-0.05, 0) is 30.5 Å². The lowest BCUT2D eigenvalue weighted by Gasteiger charge is -2.25. The number of nitrogen functional groups attached to an aromatic ring is 1. The van der Waals surface area contributed by atoms with Crippen LogP contribution in [-0.2, 0) is 12.3 Å². The van der Waals surface area contributed by atoms with Crippen LogP contribution in [0.2, 0.25) is 0 Å². The average molecular weight is 183 g/mol. The predicted molar refractivity (Wildman–Crippen MR) is 47.7 cm³/mol. The first-order valence-corrected chi connectivity index (χ1v) is 4.36. The SMILES string of the molecule is Nc1ccc2c(c1)CCCC2(F)F. The number of alkyl halides is 2. The Bertz CT molecular complexity index is 334. The predicted octanol–water partition coefficient (Wildman–Crippen LogP) is 2.70. The number of hydrogen-bond donors (Lipinski definition) is 1. The van der Waals surface area contributed by atoms with Crippen molar-refractivity contribution in [2.24, 2.45) is 0 Å². The topological polar surface area (TPSA) is 26.0 Å². The van der Waals surface area contributed by atoms with Gasteiger partial charge in [-0.25, -0.2) is 8.78 Å². The molecule has 0 aliphatic heterocycles. The van der Waals surface area contributed by atoms with Crippen LogP contribution in [0.25, 0.3) is 0 Å². The van der Waals surface area contributed by atoms with Crippen molar-refractivity contribution in [3.05, 3.63) is 29.3 Å². The zero-order valence-corrected chi connectivity index (χ0v) is 7.19. The van der Waals surface area contributed by atoms with Crippen LogP contribution in [0.15, 0.2) is 18.2 Å². The van der Waals surface area contributed by atoms with Crippen molar-refractivity contribution in [3.8, 4) is 0 Å². The molecule has 1 aromatic rings. The van der Waals surface area contributed by atoms with Gasteiger partial charge < -0.3 is 5.73 Å². The van der Waals surface area contributed by atoms with E-state index in [2.05, 4.69) is 0 Å². The van der Waals surface area contributed by atoms with Crippen molar-refractivity contribution < 1.29 is 8.78 Å². The molecule has 0 bridgehead atoms. The second kappa shape index (κ2) is 2.69. The number of aryl methyl sites for hydroxylation is 1. The Kier molecular flexibility index (Phi) is 1.75. The molecule has 0 unspecified atom stereocenters. The number of benzene rings is 1. The van der Waals surface area contributed by atoms with Crippen molar-refractivity contribution in [1.82, 2.24) is 0 Å². The molecule has 1 aliphatic rings. The fourth-order valence-corrected chi connectivity index (χ4v) is 1.81. The van der Waals surface area contributed by atoms with Crippen molar-refractivity contribution in [2.45, 2.75) is 25.2 Å². The highest BCUT2D eigenvalue weighted by molar-refractivity contribution is 5.47. The van der Waals surface area contributed by atoms with Crippen LogP contribution in [0.3, 0.4) is 0 Å². The maximum atomic E-state index is 13.3. The highest BCUT2D eigenvalue weighted by Gasteiger charge is 2.36. The zero-order chi connectivity index (χ0) is 9.47. The van der Waals surface area contributed by atoms with Crippen LogP contribution in [0, 0.1) is 0 Å². The molecule has 0 aromatic heterocycles. The van der Waals surface area contributed by atoms with E-state index in [1.54, 1.807) is 6.07 Å². The molecule has 0 saturated carbocycles. The van der Waals surface area contributed by atoms with E-state index < -0.39 is 5.92 Å². The minimum atomic E-state index is -2.65. The fourth-order valence-electron chi connectivity index (χ4n) is 1.81. The van der Waals surface area contributed by atoms with Gasteiger partial charge in [0, 0.05) is 17.7 Å². The number of fused-ring (bicyclic) bond motifs is 1. The summed E-state index contributed by atoms with van der Waals surface area (Å²) in [4.78, 5) is 0. The molecule has 2 N–H and O–H groups in total. The maximum absolute atomic E-state index is 13.3. The number of anilines is 1. The monoisotopic (exact) mass is 183 g/mol. The van der Waals surface area contributed by atoms with Gasteiger partial charge in [0.1, 0.15) is 0 Å². The van der Waals surface area contributed by atoms with Crippen molar-refractivity contribution in [3.63, 3.8) is 0 Å². The minimum Gasteiger partial charge on any atom is -0.399 e. The number of hydrogen-bond acceptors (Lipinski definition) is 1. The second-order valence-electron chi connectivity index (χ2n) is 3.47. The molecule has 1 aromatic carbocycles. The van der Waals surface area contributed by atoms with Gasteiger partial charge in [-0.15, -0.1) is 0 Å². The summed E-state index contributed by atoms with van der Waals surface area (Å²) in [5, 5.41) is 0. The lowest BCUT2D eigenvalue weighted by Crippen LogP contribution is -2.20. The first-order chi connectivity index (χ1) is 6.09. The third-order valence-corrected chi connectivity index (χ3v) is 2.46. The Labute approximate surface area is 75.6 Å². The van der Waals surface area contributed by atoms with Gasteiger partial charge in [0.15, 0.2) is 0 Å². The number of rotatable bonds is 0. The van der Waals surface area contributed by atoms with Crippen LogP contribution in [0.1, 0.15) is 24.0 Å². The molecular formula is C10H11F2N. The standard InChI is InChI=1S/C10H11F2N/c11-10(12)5-1-2-7-6-8(13)3-4-9(7)10/h3-4,6H,1-2,5,13H2. The second-order valence-corrected chi connectivity index (χ2v) is 3.47. The van der Waals surface area contributed by atoms with E-state index in [0.717, 1.165) is 6.42 Å². The Balaban J connectivity index is 2.53. The molecule has 70 valence electrons. The molecule has 0 atom stereocenters. The molecule has 0 spiro atoms. The van der Waals surface area contributed by atoms with E-state index in [9.17, 15) is 8.78 Å². The van der Waals surface area contributed by atoms with Gasteiger partial charge >= 0.3 is 0 Å². The third kappa shape index (κ3) is 1.39. The van der Waals surface area contributed by atoms with Crippen molar-refractivity contribution in [2.75, 3.05) is 5.73 Å². The molecule has 2 rings (SSSR count). The van der Waals surface area contributed by atoms with E-state index in [1.807, 2.05) is 0 Å². The van der Waals surface area contributed by atoms with E-state index in [1.165, 1.54) is 12.1 Å². The van der Waals surface area contributed by atoms with Gasteiger partial charge in [-0.1, -0.05) is 6.07 Å². The molecule has 1 aliphatic carbocycles. The molecule has 3 heteroatoms. The number of halogens is 2. The van der Waals surface area contributed by atoms with E-state index >= 15 is 0 Å². The summed E-state index contributed by atoms with van der Waals surface area (Å²) in [5.41, 5.74) is 6.96. The molecule has 0 fully saturated rings. The Hall–Kier alpha value is -1.12. The first-order valence-electron chi connectivity index (χ1n) is 4.36. The molecular weight excluding hydrogens is 172 g/mol. The lowest BCUT2D eigenvalue weighted by molar-refractivity contribution is -0.0216. The first kappa shape index (κ1) is 8.48. The van der Waals surface area contributed by atoms with Crippen LogP contribution < -0.4 is 5.73 Å². The van der Waals surface area contributed by atoms with Crippen molar-refractivity contribution in [1.29, 1.82) is 0 Å². The van der Waals surface area contributed by atoms with Gasteiger partial charge in [0.2, 0.25) is 0 Å². The molecule has 0 amide bonds. The molecule has 0 saturated heterocycles. The summed E-state index contributed by atoms with van der Waals surface area (Å²) >= 11 is 0. The summed E-state index contributed by atoms with van der Waals surface area (Å²) in [6.07, 6.45) is 1.23. The summed E-state index contributed by atoms with van der Waals surface area (Å²) in [6, 6.07) is 4.64. The fraction of sp³-hybridized carbons (Fsp3) is 0.400. The van der Waals surface area contributed by atoms with Gasteiger partial charge in [-0.3, -0.25) is 0 Å². The van der Waals surface area contributed by atoms with Gasteiger partial charge in [-0.2, -0.15) is 0 Å². The van der Waals surface area contributed by atoms with Crippen LogP contribution in [0.4, 0.5) is 14.5 Å². The summed E-state index contributed by atoms with van der Waals surface area (Å²) < 4.78 is 26.6. The van der Waals surface area contributed by atoms with Gasteiger partial charge in [0.25, 0.3) is 5.92 Å². The highest BCUT2D eigenvalue weighted by Crippen LogP contribution is 2.40. The Morgan fingerprint density at radius 3 is 2.85 bits per heavy atom. The van der Waals surface area contributed by atoms with Crippen LogP contribution in [0.5, 0.6) is 0 Å². The molecule has 0 radical (unpaired) electrons. The average Bonchev–Trinajstić information content (AvgIpc) is 2.02. The van der Waals surface area contributed by atoms with Crippen LogP contribution >= 0.6 is 0 Å². The van der Waals surface area contributed by atoms with E-state index in [0.29, 0.717) is 17.7 Å². The lowest BCUT2D eigenvalue weighted by atomic mass is 9.88. The van der Waals surface area contributed by atoms with Crippen LogP contribution in [-0.4, -0.2) is 0 Å². The Morgan fingerprint density at radius 1 is 1.31 bits per heavy atom. The quantitative estimate of drug-likeness (QED) is 0.615. The zero-order valence-electron chi connectivity index (χ0n) is 7.19. The smallest absolute Gasteiger partial charge is 0.273 e. The summed E-state index contributed by atoms with van der Waals surface area (Å²) in [6.45, 7) is 0. The number of nitrogens with two attached hydrogens (primary N) is 1. The summed E-state index contributed by atoms with van der Waals surface area (Å²) in [7, 11) is 0. The van der Waals surface area contributed by atoms with E-state index in [-0.39, 0.29) is 12.0 Å². The normalized spacial score (nSPS) is 19.5. The molecule has 1 nitrogen and oxygen atoms in total. The minimum absolute atomic E-state index is 0.0378. The van der Waals surface area contributed by atoms with Gasteiger partial charge in [0.05, 0.1) is 0 Å². The molecule has 13 heavy (non-hydrogen) atoms. The Morgan fingerprint density at radius 2 is 2.08 bits per heavy atom. The van der Waals surface area contributed by atoms with E-state index in [4.69, 9.17) is 5.73 Å². The van der Waals surface area contributed by atoms with Crippen molar-refractivity contribution >= 4 is 5.69 Å². The molecule has 0 heterocycles. The maximum Gasteiger partial charge on any atom is 0.273 e. The third-order valence-electron chi connectivity index (χ3n) is 2.46. The summed E-state index contributed by atoms with van der Waals surface area (Å²) in [5.74, 6) is -2.65.